The van der Waals surface area contributed by atoms with Gasteiger partial charge in [0.2, 0.25) is 0 Å². The molecule has 5 heteroatoms. The molecule has 0 saturated carbocycles. The van der Waals surface area contributed by atoms with E-state index >= 15 is 0 Å². The quantitative estimate of drug-likeness (QED) is 0.779. The minimum atomic E-state index is 0.426. The van der Waals surface area contributed by atoms with Crippen LogP contribution >= 0.6 is 0 Å². The summed E-state index contributed by atoms with van der Waals surface area (Å²) < 4.78 is 2.24. The molecule has 1 atom stereocenters. The first-order valence-electron chi connectivity index (χ1n) is 8.98. The van der Waals surface area contributed by atoms with Gasteiger partial charge in [0.25, 0.3) is 0 Å². The van der Waals surface area contributed by atoms with Gasteiger partial charge in [-0.1, -0.05) is 18.6 Å². The van der Waals surface area contributed by atoms with Crippen LogP contribution in [0.25, 0.3) is 11.0 Å². The number of piperidine rings is 1. The number of imidazole rings is 2. The van der Waals surface area contributed by atoms with Gasteiger partial charge in [0, 0.05) is 25.5 Å². The zero-order valence-corrected chi connectivity index (χ0v) is 14.3. The lowest BCUT2D eigenvalue weighted by atomic mass is 10.0. The molecule has 2 aromatic heterocycles. The Bertz CT molecular complexity index is 770. The van der Waals surface area contributed by atoms with Gasteiger partial charge < -0.3 is 9.55 Å². The van der Waals surface area contributed by atoms with Crippen molar-refractivity contribution in [3.05, 3.63) is 48.3 Å². The van der Waals surface area contributed by atoms with E-state index in [1.807, 2.05) is 6.20 Å². The fraction of sp³-hybridized carbons (Fsp3) is 0.474. The van der Waals surface area contributed by atoms with Crippen molar-refractivity contribution in [2.45, 2.75) is 45.2 Å². The van der Waals surface area contributed by atoms with Crippen molar-refractivity contribution >= 4 is 11.0 Å². The number of nitrogens with zero attached hydrogens (tertiary/aromatic N) is 4. The maximum atomic E-state index is 4.85. The van der Waals surface area contributed by atoms with Crippen LogP contribution in [0, 0.1) is 6.92 Å². The van der Waals surface area contributed by atoms with Crippen LogP contribution in [-0.2, 0) is 6.54 Å². The monoisotopic (exact) mass is 323 g/mol. The molecule has 3 heterocycles. The summed E-state index contributed by atoms with van der Waals surface area (Å²) in [7, 11) is 0. The summed E-state index contributed by atoms with van der Waals surface area (Å²) in [4.78, 5) is 15.3. The van der Waals surface area contributed by atoms with Crippen molar-refractivity contribution in [3.8, 4) is 0 Å². The highest BCUT2D eigenvalue weighted by Gasteiger charge is 2.26. The van der Waals surface area contributed by atoms with E-state index in [1.54, 1.807) is 0 Å². The molecule has 0 unspecified atom stereocenters. The molecule has 5 nitrogen and oxygen atoms in total. The van der Waals surface area contributed by atoms with Gasteiger partial charge in [-0.25, -0.2) is 9.97 Å². The molecule has 1 fully saturated rings. The van der Waals surface area contributed by atoms with Crippen LogP contribution in [0.2, 0.25) is 0 Å². The van der Waals surface area contributed by atoms with Crippen molar-refractivity contribution in [1.29, 1.82) is 0 Å². The number of fused-ring (bicyclic) bond motifs is 1. The lowest BCUT2D eigenvalue weighted by Crippen LogP contribution is -2.35. The van der Waals surface area contributed by atoms with Crippen molar-refractivity contribution in [3.63, 3.8) is 0 Å². The number of rotatable bonds is 5. The van der Waals surface area contributed by atoms with Gasteiger partial charge in [-0.3, -0.25) is 4.90 Å². The largest absolute Gasteiger partial charge is 0.341 e. The van der Waals surface area contributed by atoms with E-state index in [0.29, 0.717) is 6.04 Å². The summed E-state index contributed by atoms with van der Waals surface area (Å²) in [6.45, 7) is 5.39. The second-order valence-electron chi connectivity index (χ2n) is 6.71. The third kappa shape index (κ3) is 3.08. The maximum Gasteiger partial charge on any atom is 0.124 e. The third-order valence-corrected chi connectivity index (χ3v) is 5.10. The number of aromatic nitrogens is 4. The fourth-order valence-electron chi connectivity index (χ4n) is 3.78. The van der Waals surface area contributed by atoms with Gasteiger partial charge in [-0.05, 0) is 44.9 Å². The predicted molar refractivity (Wildman–Crippen MR) is 95.8 cm³/mol. The molecule has 4 rings (SSSR count). The average Bonchev–Trinajstić information content (AvgIpc) is 3.21. The van der Waals surface area contributed by atoms with Crippen LogP contribution in [0.5, 0.6) is 0 Å². The maximum absolute atomic E-state index is 4.85. The summed E-state index contributed by atoms with van der Waals surface area (Å²) in [6.07, 6.45) is 8.88. The third-order valence-electron chi connectivity index (χ3n) is 5.10. The molecule has 1 aliphatic heterocycles. The molecule has 126 valence electrons. The molecule has 24 heavy (non-hydrogen) atoms. The standard InChI is InChI=1S/C19H25N5/c1-15-20-10-14-23(15)12-6-13-24-11-5-4-9-18(24)19-21-16-7-2-3-8-17(16)22-19/h2-3,7-8,10,14,18H,4-6,9,11-13H2,1H3,(H,21,22)/t18-/m0/s1. The van der Waals surface area contributed by atoms with Gasteiger partial charge in [-0.15, -0.1) is 0 Å². The summed E-state index contributed by atoms with van der Waals surface area (Å²) in [5.74, 6) is 2.23. The molecule has 0 bridgehead atoms. The van der Waals surface area contributed by atoms with Crippen molar-refractivity contribution < 1.29 is 0 Å². The van der Waals surface area contributed by atoms with Gasteiger partial charge in [0.15, 0.2) is 0 Å². The van der Waals surface area contributed by atoms with Gasteiger partial charge in [0.1, 0.15) is 11.6 Å². The Balaban J connectivity index is 1.45. The average molecular weight is 323 g/mol. The molecule has 0 radical (unpaired) electrons. The van der Waals surface area contributed by atoms with Crippen LogP contribution in [0.3, 0.4) is 0 Å². The first-order chi connectivity index (χ1) is 11.8. The number of nitrogens with one attached hydrogen (secondary N) is 1. The molecule has 1 aliphatic rings. The first kappa shape index (κ1) is 15.4. The number of likely N-dealkylation sites (tertiary alicyclic amines) is 1. The van der Waals surface area contributed by atoms with Crippen LogP contribution in [0.15, 0.2) is 36.7 Å². The van der Waals surface area contributed by atoms with E-state index in [2.05, 4.69) is 56.8 Å². The number of aromatic amines is 1. The minimum absolute atomic E-state index is 0.426. The molecule has 0 spiro atoms. The van der Waals surface area contributed by atoms with E-state index < -0.39 is 0 Å². The van der Waals surface area contributed by atoms with E-state index in [0.717, 1.165) is 42.2 Å². The number of hydrogen-bond acceptors (Lipinski definition) is 3. The first-order valence-corrected chi connectivity index (χ1v) is 8.98. The van der Waals surface area contributed by atoms with E-state index in [4.69, 9.17) is 4.98 Å². The Morgan fingerprint density at radius 1 is 1.21 bits per heavy atom. The Morgan fingerprint density at radius 2 is 2.12 bits per heavy atom. The molecule has 0 amide bonds. The summed E-state index contributed by atoms with van der Waals surface area (Å²) in [6, 6.07) is 8.75. The van der Waals surface area contributed by atoms with Gasteiger partial charge in [0.05, 0.1) is 17.1 Å². The van der Waals surface area contributed by atoms with Gasteiger partial charge in [-0.2, -0.15) is 0 Å². The zero-order valence-electron chi connectivity index (χ0n) is 14.3. The lowest BCUT2D eigenvalue weighted by Gasteiger charge is -2.34. The molecular weight excluding hydrogens is 298 g/mol. The zero-order chi connectivity index (χ0) is 16.4. The van der Waals surface area contributed by atoms with Crippen molar-refractivity contribution in [1.82, 2.24) is 24.4 Å². The van der Waals surface area contributed by atoms with Crippen LogP contribution in [0.1, 0.15) is 43.4 Å². The molecule has 0 aliphatic carbocycles. The number of benzene rings is 1. The normalized spacial score (nSPS) is 19.1. The van der Waals surface area contributed by atoms with Gasteiger partial charge >= 0.3 is 0 Å². The van der Waals surface area contributed by atoms with Crippen LogP contribution < -0.4 is 0 Å². The summed E-state index contributed by atoms with van der Waals surface area (Å²) in [5, 5.41) is 0. The molecule has 1 aromatic carbocycles. The second kappa shape index (κ2) is 6.77. The Hall–Kier alpha value is -2.14. The van der Waals surface area contributed by atoms with E-state index in [-0.39, 0.29) is 0 Å². The second-order valence-corrected chi connectivity index (χ2v) is 6.71. The number of aryl methyl sites for hydroxylation is 2. The van der Waals surface area contributed by atoms with E-state index in [1.165, 1.54) is 25.8 Å². The number of hydrogen-bond donors (Lipinski definition) is 1. The summed E-state index contributed by atoms with van der Waals surface area (Å²) >= 11 is 0. The topological polar surface area (TPSA) is 49.7 Å². The van der Waals surface area contributed by atoms with Crippen molar-refractivity contribution in [2.75, 3.05) is 13.1 Å². The SMILES string of the molecule is Cc1nccn1CCCN1CCCC[C@H]1c1nc2ccccc2[nH]1. The smallest absolute Gasteiger partial charge is 0.124 e. The Kier molecular flexibility index (Phi) is 4.34. The molecule has 1 saturated heterocycles. The fourth-order valence-corrected chi connectivity index (χ4v) is 3.78. The summed E-state index contributed by atoms with van der Waals surface area (Å²) in [5.41, 5.74) is 2.22. The predicted octanol–water partition coefficient (Wildman–Crippen LogP) is 3.69. The molecule has 1 N–H and O–H groups in total. The van der Waals surface area contributed by atoms with Crippen molar-refractivity contribution in [2.24, 2.45) is 0 Å². The van der Waals surface area contributed by atoms with E-state index in [9.17, 15) is 0 Å². The lowest BCUT2D eigenvalue weighted by molar-refractivity contribution is 0.139. The molecular formula is C19H25N5. The highest BCUT2D eigenvalue weighted by atomic mass is 15.2. The number of para-hydroxylation sites is 2. The highest BCUT2D eigenvalue weighted by Crippen LogP contribution is 2.30. The number of H-pyrrole nitrogens is 1. The Morgan fingerprint density at radius 3 is 2.96 bits per heavy atom. The molecule has 3 aromatic rings. The van der Waals surface area contributed by atoms with Crippen LogP contribution in [0.4, 0.5) is 0 Å². The van der Waals surface area contributed by atoms with Crippen LogP contribution in [-0.4, -0.2) is 37.5 Å². The highest BCUT2D eigenvalue weighted by molar-refractivity contribution is 5.74. The minimum Gasteiger partial charge on any atom is -0.341 e. The Labute approximate surface area is 142 Å².